The number of ether oxygens (including phenoxy) is 2. The molecule has 0 radical (unpaired) electrons. The number of methoxy groups -OCH3 is 1. The molecular weight excluding hydrogens is 438 g/mol. The monoisotopic (exact) mass is 459 g/mol. The third kappa shape index (κ3) is 6.18. The van der Waals surface area contributed by atoms with E-state index in [0.717, 1.165) is 0 Å². The summed E-state index contributed by atoms with van der Waals surface area (Å²) in [6, 6.07) is 11.5. The molecule has 2 N–H and O–H groups in total. The number of benzene rings is 2. The molecule has 2 rings (SSSR count). The highest BCUT2D eigenvalue weighted by Crippen LogP contribution is 2.30. The summed E-state index contributed by atoms with van der Waals surface area (Å²) in [6.07, 6.45) is 3.06. The molecule has 1 atom stereocenters. The number of hydrogen-bond acceptors (Lipinski definition) is 5. The van der Waals surface area contributed by atoms with Gasteiger partial charge in [0.05, 0.1) is 18.9 Å². The van der Waals surface area contributed by atoms with Crippen molar-refractivity contribution >= 4 is 34.0 Å². The lowest BCUT2D eigenvalue weighted by molar-refractivity contribution is -0.122. The minimum absolute atomic E-state index is 0.297. The SMILES string of the molecule is C=CCOc1c(C=NNC(=O)C(C)NC(=O)c2ccccc2Br)cccc1OC. The van der Waals surface area contributed by atoms with Crippen LogP contribution in [0.4, 0.5) is 0 Å². The fourth-order valence-electron chi connectivity index (χ4n) is 2.34. The second-order valence-electron chi connectivity index (χ2n) is 5.89. The Morgan fingerprint density at radius 1 is 1.24 bits per heavy atom. The van der Waals surface area contributed by atoms with Crippen molar-refractivity contribution in [2.24, 2.45) is 5.10 Å². The second kappa shape index (κ2) is 11.0. The Labute approximate surface area is 177 Å². The number of para-hydroxylation sites is 1. The van der Waals surface area contributed by atoms with E-state index in [9.17, 15) is 9.59 Å². The summed E-state index contributed by atoms with van der Waals surface area (Å²) < 4.78 is 11.5. The molecule has 29 heavy (non-hydrogen) atoms. The lowest BCUT2D eigenvalue weighted by atomic mass is 10.2. The molecule has 0 fully saturated rings. The van der Waals surface area contributed by atoms with Crippen molar-refractivity contribution in [2.45, 2.75) is 13.0 Å². The first-order valence-corrected chi connectivity index (χ1v) is 9.56. The van der Waals surface area contributed by atoms with Crippen LogP contribution in [0.25, 0.3) is 0 Å². The standard InChI is InChI=1S/C21H22BrN3O4/c1-4-12-29-19-15(8-7-11-18(19)28-3)13-23-25-20(26)14(2)24-21(27)16-9-5-6-10-17(16)22/h4-11,13-14H,1,12H2,2-3H3,(H,24,27)(H,25,26). The zero-order chi connectivity index (χ0) is 21.2. The molecular formula is C21H22BrN3O4. The molecule has 0 bridgehead atoms. The molecule has 8 heteroatoms. The minimum atomic E-state index is -0.784. The average molecular weight is 460 g/mol. The van der Waals surface area contributed by atoms with E-state index in [1.807, 2.05) is 0 Å². The molecule has 0 aliphatic rings. The largest absolute Gasteiger partial charge is 0.493 e. The Morgan fingerprint density at radius 3 is 2.69 bits per heavy atom. The molecule has 2 aromatic carbocycles. The third-order valence-electron chi connectivity index (χ3n) is 3.81. The number of amides is 2. The number of hydrazone groups is 1. The first-order chi connectivity index (χ1) is 14.0. The van der Waals surface area contributed by atoms with E-state index < -0.39 is 11.9 Å². The topological polar surface area (TPSA) is 89.0 Å². The highest BCUT2D eigenvalue weighted by molar-refractivity contribution is 9.10. The normalized spacial score (nSPS) is 11.6. The van der Waals surface area contributed by atoms with Gasteiger partial charge < -0.3 is 14.8 Å². The van der Waals surface area contributed by atoms with Crippen LogP contribution in [0.5, 0.6) is 11.5 Å². The zero-order valence-corrected chi connectivity index (χ0v) is 17.7. The molecule has 152 valence electrons. The van der Waals surface area contributed by atoms with Crippen molar-refractivity contribution in [3.8, 4) is 11.5 Å². The maximum absolute atomic E-state index is 12.3. The van der Waals surface area contributed by atoms with Crippen LogP contribution in [0.1, 0.15) is 22.8 Å². The molecule has 0 saturated carbocycles. The molecule has 2 amide bonds. The van der Waals surface area contributed by atoms with Crippen LogP contribution in [0.15, 0.2) is 64.7 Å². The Bertz CT molecular complexity index is 915. The van der Waals surface area contributed by atoms with Crippen LogP contribution in [-0.2, 0) is 4.79 Å². The summed E-state index contributed by atoms with van der Waals surface area (Å²) in [5.41, 5.74) is 3.47. The second-order valence-corrected chi connectivity index (χ2v) is 6.74. The number of nitrogens with one attached hydrogen (secondary N) is 2. The predicted octanol–water partition coefficient (Wildman–Crippen LogP) is 3.29. The van der Waals surface area contributed by atoms with Crippen molar-refractivity contribution in [2.75, 3.05) is 13.7 Å². The molecule has 1 unspecified atom stereocenters. The van der Waals surface area contributed by atoms with Gasteiger partial charge in [-0.1, -0.05) is 30.9 Å². The molecule has 0 saturated heterocycles. The lowest BCUT2D eigenvalue weighted by Crippen LogP contribution is -2.43. The minimum Gasteiger partial charge on any atom is -0.493 e. The van der Waals surface area contributed by atoms with Crippen molar-refractivity contribution in [1.82, 2.24) is 10.7 Å². The van der Waals surface area contributed by atoms with Crippen LogP contribution in [0, 0.1) is 0 Å². The van der Waals surface area contributed by atoms with Gasteiger partial charge in [0.15, 0.2) is 11.5 Å². The summed E-state index contributed by atoms with van der Waals surface area (Å²) in [5, 5.41) is 6.59. The van der Waals surface area contributed by atoms with Gasteiger partial charge in [-0.2, -0.15) is 5.10 Å². The van der Waals surface area contributed by atoms with E-state index >= 15 is 0 Å². The summed E-state index contributed by atoms with van der Waals surface area (Å²) in [7, 11) is 1.54. The van der Waals surface area contributed by atoms with Gasteiger partial charge in [0.2, 0.25) is 0 Å². The molecule has 0 aromatic heterocycles. The first kappa shape index (κ1) is 22.2. The van der Waals surface area contributed by atoms with Crippen molar-refractivity contribution in [1.29, 1.82) is 0 Å². The van der Waals surface area contributed by atoms with Crippen molar-refractivity contribution in [3.63, 3.8) is 0 Å². The van der Waals surface area contributed by atoms with Crippen LogP contribution < -0.4 is 20.2 Å². The zero-order valence-electron chi connectivity index (χ0n) is 16.1. The van der Waals surface area contributed by atoms with E-state index in [4.69, 9.17) is 9.47 Å². The number of hydrogen-bond donors (Lipinski definition) is 2. The van der Waals surface area contributed by atoms with Crippen LogP contribution >= 0.6 is 15.9 Å². The van der Waals surface area contributed by atoms with E-state index in [1.54, 1.807) is 55.5 Å². The Kier molecular flexibility index (Phi) is 8.42. The summed E-state index contributed by atoms with van der Waals surface area (Å²) in [6.45, 7) is 5.49. The average Bonchev–Trinajstić information content (AvgIpc) is 2.72. The predicted molar refractivity (Wildman–Crippen MR) is 115 cm³/mol. The van der Waals surface area contributed by atoms with Crippen LogP contribution in [-0.4, -0.2) is 37.8 Å². The van der Waals surface area contributed by atoms with Crippen LogP contribution in [0.2, 0.25) is 0 Å². The highest BCUT2D eigenvalue weighted by Gasteiger charge is 2.17. The van der Waals surface area contributed by atoms with Gasteiger partial charge in [-0.3, -0.25) is 9.59 Å². The van der Waals surface area contributed by atoms with Crippen LogP contribution in [0.3, 0.4) is 0 Å². The number of carbonyl (C=O) groups is 2. The maximum Gasteiger partial charge on any atom is 0.262 e. The van der Waals surface area contributed by atoms with E-state index in [0.29, 0.717) is 33.7 Å². The molecule has 0 aliphatic carbocycles. The fourth-order valence-corrected chi connectivity index (χ4v) is 2.80. The quantitative estimate of drug-likeness (QED) is 0.342. The Hall–Kier alpha value is -3.13. The number of rotatable bonds is 9. The fraction of sp³-hybridized carbons (Fsp3) is 0.190. The van der Waals surface area contributed by atoms with Gasteiger partial charge >= 0.3 is 0 Å². The number of carbonyl (C=O) groups excluding carboxylic acids is 2. The maximum atomic E-state index is 12.3. The summed E-state index contributed by atoms with van der Waals surface area (Å²) >= 11 is 3.31. The van der Waals surface area contributed by atoms with Gasteiger partial charge in [-0.25, -0.2) is 5.43 Å². The van der Waals surface area contributed by atoms with Crippen molar-refractivity contribution < 1.29 is 19.1 Å². The number of halogens is 1. The highest BCUT2D eigenvalue weighted by atomic mass is 79.9. The Balaban J connectivity index is 2.01. The first-order valence-electron chi connectivity index (χ1n) is 8.77. The molecule has 7 nitrogen and oxygen atoms in total. The van der Waals surface area contributed by atoms with Gasteiger partial charge in [-0.05, 0) is 47.1 Å². The van der Waals surface area contributed by atoms with Gasteiger partial charge in [0.25, 0.3) is 11.8 Å². The van der Waals surface area contributed by atoms with Crippen molar-refractivity contribution in [3.05, 3.63) is 70.7 Å². The van der Waals surface area contributed by atoms with Gasteiger partial charge in [0, 0.05) is 10.0 Å². The Morgan fingerprint density at radius 2 is 2.00 bits per heavy atom. The molecule has 0 spiro atoms. The lowest BCUT2D eigenvalue weighted by Gasteiger charge is -2.13. The smallest absolute Gasteiger partial charge is 0.262 e. The van der Waals surface area contributed by atoms with E-state index in [1.165, 1.54) is 13.3 Å². The molecule has 2 aromatic rings. The molecule has 0 heterocycles. The molecule has 0 aliphatic heterocycles. The van der Waals surface area contributed by atoms with Gasteiger partial charge in [-0.15, -0.1) is 0 Å². The third-order valence-corrected chi connectivity index (χ3v) is 4.50. The summed E-state index contributed by atoms with van der Waals surface area (Å²) in [5.74, 6) is 0.203. The number of nitrogens with zero attached hydrogens (tertiary/aromatic N) is 1. The van der Waals surface area contributed by atoms with E-state index in [-0.39, 0.29) is 5.91 Å². The summed E-state index contributed by atoms with van der Waals surface area (Å²) in [4.78, 5) is 24.5. The van der Waals surface area contributed by atoms with E-state index in [2.05, 4.69) is 38.4 Å². The van der Waals surface area contributed by atoms with Gasteiger partial charge in [0.1, 0.15) is 12.6 Å².